The molecular weight excluding hydrogens is 268 g/mol. The van der Waals surface area contributed by atoms with Crippen LogP contribution in [-0.4, -0.2) is 17.6 Å². The van der Waals surface area contributed by atoms with E-state index in [9.17, 15) is 0 Å². The Kier molecular flexibility index (Phi) is 3.62. The van der Waals surface area contributed by atoms with Gasteiger partial charge in [-0.05, 0) is 49.0 Å². The van der Waals surface area contributed by atoms with Gasteiger partial charge in [0.2, 0.25) is 0 Å². The molecule has 2 aliphatic rings. The summed E-state index contributed by atoms with van der Waals surface area (Å²) in [5, 5.41) is 3.53. The minimum Gasteiger partial charge on any atom is -0.318 e. The number of nitrogens with one attached hydrogen (secondary N) is 1. The average molecular weight is 294 g/mol. The van der Waals surface area contributed by atoms with Crippen LogP contribution in [0.2, 0.25) is 0 Å². The molecule has 0 aromatic heterocycles. The predicted octanol–water partition coefficient (Wildman–Crippen LogP) is 3.90. The van der Waals surface area contributed by atoms with Gasteiger partial charge in [-0.15, -0.1) is 0 Å². The fourth-order valence-electron chi connectivity index (χ4n) is 3.65. The highest BCUT2D eigenvalue weighted by Crippen LogP contribution is 2.47. The molecule has 1 aliphatic heterocycles. The van der Waals surface area contributed by atoms with Crippen molar-refractivity contribution < 1.29 is 0 Å². The van der Waals surface area contributed by atoms with E-state index in [2.05, 4.69) is 62.2 Å². The molecule has 2 unspecified atom stereocenters. The fourth-order valence-corrected chi connectivity index (χ4v) is 3.65. The third-order valence-corrected chi connectivity index (χ3v) is 4.99. The Bertz CT molecular complexity index is 655. The summed E-state index contributed by atoms with van der Waals surface area (Å²) >= 11 is 0. The van der Waals surface area contributed by atoms with Gasteiger partial charge < -0.3 is 11.1 Å². The molecule has 0 saturated carbocycles. The molecule has 0 bridgehead atoms. The van der Waals surface area contributed by atoms with Crippen LogP contribution in [0.1, 0.15) is 44.7 Å². The van der Waals surface area contributed by atoms with Gasteiger partial charge in [0, 0.05) is 6.54 Å². The van der Waals surface area contributed by atoms with Crippen molar-refractivity contribution in [1.29, 1.82) is 0 Å². The molecule has 1 spiro atoms. The predicted molar refractivity (Wildman–Crippen MR) is 95.4 cm³/mol. The largest absolute Gasteiger partial charge is 0.318 e. The zero-order valence-corrected chi connectivity index (χ0v) is 13.9. The molecule has 0 radical (unpaired) electrons. The van der Waals surface area contributed by atoms with Gasteiger partial charge in [0.1, 0.15) is 0 Å². The molecule has 1 fully saturated rings. The standard InChI is InChI=1S/C20H26N2/c1-5-6-18-19(4,21)17(11-12-20(18)13-22-20)16-9-7-15(8-10-16)14(2)3/h6-11,22H,2,5,12-13,21H2,1,3-4H3/b18-6-. The average Bonchev–Trinajstić information content (AvgIpc) is 3.24. The van der Waals surface area contributed by atoms with Gasteiger partial charge >= 0.3 is 0 Å². The van der Waals surface area contributed by atoms with Crippen LogP contribution in [-0.2, 0) is 0 Å². The molecule has 22 heavy (non-hydrogen) atoms. The van der Waals surface area contributed by atoms with Crippen molar-refractivity contribution in [3.63, 3.8) is 0 Å². The molecule has 2 heteroatoms. The van der Waals surface area contributed by atoms with Crippen molar-refractivity contribution in [2.75, 3.05) is 6.54 Å². The Morgan fingerprint density at radius 1 is 1.36 bits per heavy atom. The highest BCUT2D eigenvalue weighted by atomic mass is 15.2. The first kappa shape index (κ1) is 15.3. The van der Waals surface area contributed by atoms with Gasteiger partial charge in [0.05, 0.1) is 11.1 Å². The molecule has 0 amide bonds. The summed E-state index contributed by atoms with van der Waals surface area (Å²) in [4.78, 5) is 0. The van der Waals surface area contributed by atoms with Crippen LogP contribution >= 0.6 is 0 Å². The maximum absolute atomic E-state index is 6.80. The monoisotopic (exact) mass is 294 g/mol. The van der Waals surface area contributed by atoms with Crippen LogP contribution in [0, 0.1) is 0 Å². The lowest BCUT2D eigenvalue weighted by molar-refractivity contribution is 0.565. The van der Waals surface area contributed by atoms with Gasteiger partial charge in [0.25, 0.3) is 0 Å². The highest BCUT2D eigenvalue weighted by molar-refractivity contribution is 5.80. The van der Waals surface area contributed by atoms with E-state index in [0.717, 1.165) is 25.0 Å². The molecule has 2 atom stereocenters. The number of hydrogen-bond donors (Lipinski definition) is 2. The zero-order valence-electron chi connectivity index (χ0n) is 13.9. The molecule has 2 nitrogen and oxygen atoms in total. The smallest absolute Gasteiger partial charge is 0.0617 e. The van der Waals surface area contributed by atoms with E-state index in [1.165, 1.54) is 22.3 Å². The molecule has 3 rings (SSSR count). The summed E-state index contributed by atoms with van der Waals surface area (Å²) < 4.78 is 0. The van der Waals surface area contributed by atoms with Gasteiger partial charge in [-0.3, -0.25) is 0 Å². The van der Waals surface area contributed by atoms with Crippen molar-refractivity contribution >= 4 is 11.1 Å². The summed E-state index contributed by atoms with van der Waals surface area (Å²) in [5.41, 5.74) is 12.6. The van der Waals surface area contributed by atoms with Crippen molar-refractivity contribution in [2.24, 2.45) is 5.73 Å². The summed E-state index contributed by atoms with van der Waals surface area (Å²) in [6.45, 7) is 11.4. The molecular formula is C20H26N2. The third kappa shape index (κ3) is 2.37. The van der Waals surface area contributed by atoms with E-state index in [1.54, 1.807) is 0 Å². The van der Waals surface area contributed by atoms with Crippen LogP contribution in [0.15, 0.2) is 48.6 Å². The SMILES string of the molecule is C=C(C)c1ccc(C2=CCC3(CN3)/C(=C\CC)C2(C)N)cc1. The number of allylic oxidation sites excluding steroid dienone is 2. The molecule has 1 aromatic carbocycles. The van der Waals surface area contributed by atoms with E-state index >= 15 is 0 Å². The molecule has 3 N–H and O–H groups in total. The lowest BCUT2D eigenvalue weighted by Gasteiger charge is -2.39. The quantitative estimate of drug-likeness (QED) is 0.656. The van der Waals surface area contributed by atoms with Crippen LogP contribution in [0.25, 0.3) is 11.1 Å². The number of rotatable bonds is 3. The molecule has 1 heterocycles. The van der Waals surface area contributed by atoms with Gasteiger partial charge in [0.15, 0.2) is 0 Å². The summed E-state index contributed by atoms with van der Waals surface area (Å²) in [5.74, 6) is 0. The maximum atomic E-state index is 6.80. The van der Waals surface area contributed by atoms with Crippen molar-refractivity contribution in [2.45, 2.75) is 44.7 Å². The fraction of sp³-hybridized carbons (Fsp3) is 0.400. The van der Waals surface area contributed by atoms with Gasteiger partial charge in [-0.2, -0.15) is 0 Å². The Balaban J connectivity index is 2.01. The summed E-state index contributed by atoms with van der Waals surface area (Å²) in [6, 6.07) is 8.61. The highest BCUT2D eigenvalue weighted by Gasteiger charge is 2.53. The molecule has 1 aliphatic carbocycles. The Labute approximate surface area is 133 Å². The van der Waals surface area contributed by atoms with E-state index in [-0.39, 0.29) is 5.54 Å². The molecule has 116 valence electrons. The molecule has 1 aromatic rings. The third-order valence-electron chi connectivity index (χ3n) is 4.99. The van der Waals surface area contributed by atoms with E-state index in [1.807, 2.05) is 6.92 Å². The second-order valence-electron chi connectivity index (χ2n) is 6.84. The number of hydrogen-bond acceptors (Lipinski definition) is 2. The topological polar surface area (TPSA) is 48.0 Å². The minimum absolute atomic E-state index is 0.126. The van der Waals surface area contributed by atoms with Gasteiger partial charge in [-0.25, -0.2) is 0 Å². The van der Waals surface area contributed by atoms with Crippen LogP contribution in [0.3, 0.4) is 0 Å². The maximum Gasteiger partial charge on any atom is 0.0617 e. The lowest BCUT2D eigenvalue weighted by atomic mass is 9.69. The zero-order chi connectivity index (χ0) is 16.0. The Morgan fingerprint density at radius 3 is 2.50 bits per heavy atom. The number of nitrogens with two attached hydrogens (primary N) is 1. The first-order chi connectivity index (χ1) is 10.4. The van der Waals surface area contributed by atoms with Crippen LogP contribution in [0.5, 0.6) is 0 Å². The summed E-state index contributed by atoms with van der Waals surface area (Å²) in [6.07, 6.45) is 6.69. The second-order valence-corrected chi connectivity index (χ2v) is 6.84. The number of benzene rings is 1. The van der Waals surface area contributed by atoms with Crippen molar-refractivity contribution in [1.82, 2.24) is 5.32 Å². The van der Waals surface area contributed by atoms with Crippen LogP contribution in [0.4, 0.5) is 0 Å². The van der Waals surface area contributed by atoms with E-state index in [0.29, 0.717) is 0 Å². The normalized spacial score (nSPS) is 32.2. The summed E-state index contributed by atoms with van der Waals surface area (Å²) in [7, 11) is 0. The Hall–Kier alpha value is -1.64. The minimum atomic E-state index is -0.414. The van der Waals surface area contributed by atoms with E-state index in [4.69, 9.17) is 5.73 Å². The second kappa shape index (κ2) is 5.22. The van der Waals surface area contributed by atoms with Crippen molar-refractivity contribution in [3.8, 4) is 0 Å². The lowest BCUT2D eigenvalue weighted by Crippen LogP contribution is -2.48. The first-order valence-electron chi connectivity index (χ1n) is 8.13. The van der Waals surface area contributed by atoms with Gasteiger partial charge in [-0.1, -0.05) is 55.5 Å². The first-order valence-corrected chi connectivity index (χ1v) is 8.13. The van der Waals surface area contributed by atoms with Crippen LogP contribution < -0.4 is 11.1 Å². The van der Waals surface area contributed by atoms with E-state index < -0.39 is 5.54 Å². The Morgan fingerprint density at radius 2 is 2.00 bits per heavy atom. The molecule has 1 saturated heterocycles. The van der Waals surface area contributed by atoms with Crippen molar-refractivity contribution in [3.05, 3.63) is 59.7 Å².